The second-order valence-electron chi connectivity index (χ2n) is 6.65. The zero-order valence-corrected chi connectivity index (χ0v) is 15.6. The molecule has 0 spiro atoms. The molecule has 3 rings (SSSR count). The smallest absolute Gasteiger partial charge is 0.336 e. The van der Waals surface area contributed by atoms with Crippen LogP contribution in [0.3, 0.4) is 0 Å². The highest BCUT2D eigenvalue weighted by Gasteiger charge is 2.11. The fraction of sp³-hybridized carbons (Fsp3) is 0.318. The molecule has 3 aromatic rings. The maximum atomic E-state index is 12.0. The third-order valence-electron chi connectivity index (χ3n) is 4.48. The van der Waals surface area contributed by atoms with Gasteiger partial charge in [-0.05, 0) is 55.3 Å². The molecule has 0 radical (unpaired) electrons. The number of hydrogen-bond acceptors (Lipinski definition) is 4. The minimum absolute atomic E-state index is 0.294. The number of aryl methyl sites for hydroxylation is 1. The van der Waals surface area contributed by atoms with Crippen LogP contribution < -0.4 is 10.4 Å². The largest absolute Gasteiger partial charge is 0.497 e. The fourth-order valence-electron chi connectivity index (χ4n) is 3.23. The van der Waals surface area contributed by atoms with Crippen molar-refractivity contribution < 1.29 is 9.15 Å². The molecule has 2 aromatic carbocycles. The van der Waals surface area contributed by atoms with Crippen LogP contribution in [-0.4, -0.2) is 18.6 Å². The Balaban J connectivity index is 1.88. The second kappa shape index (κ2) is 8.19. The van der Waals surface area contributed by atoms with Gasteiger partial charge in [-0.3, -0.25) is 4.90 Å². The minimum Gasteiger partial charge on any atom is -0.497 e. The van der Waals surface area contributed by atoms with Gasteiger partial charge in [0.25, 0.3) is 0 Å². The molecule has 0 fully saturated rings. The summed E-state index contributed by atoms with van der Waals surface area (Å²) in [5.74, 6) is 0.859. The average molecular weight is 351 g/mol. The number of rotatable bonds is 7. The van der Waals surface area contributed by atoms with Crippen LogP contribution >= 0.6 is 0 Å². The highest BCUT2D eigenvalue weighted by Crippen LogP contribution is 2.21. The van der Waals surface area contributed by atoms with Crippen LogP contribution in [0.1, 0.15) is 30.0 Å². The van der Waals surface area contributed by atoms with Crippen LogP contribution in [0.25, 0.3) is 11.0 Å². The maximum absolute atomic E-state index is 12.0. The van der Waals surface area contributed by atoms with Crippen molar-refractivity contribution in [3.8, 4) is 5.75 Å². The van der Waals surface area contributed by atoms with Crippen LogP contribution in [0, 0.1) is 6.92 Å². The van der Waals surface area contributed by atoms with Crippen LogP contribution in [0.2, 0.25) is 0 Å². The lowest BCUT2D eigenvalue weighted by molar-refractivity contribution is 0.257. The molecule has 0 bridgehead atoms. The zero-order chi connectivity index (χ0) is 18.5. The molecular weight excluding hydrogens is 326 g/mol. The normalized spacial score (nSPS) is 11.2. The lowest BCUT2D eigenvalue weighted by Gasteiger charge is -2.22. The molecule has 0 aliphatic heterocycles. The van der Waals surface area contributed by atoms with Crippen LogP contribution in [0.15, 0.2) is 57.7 Å². The van der Waals surface area contributed by atoms with E-state index in [0.717, 1.165) is 41.8 Å². The fourth-order valence-corrected chi connectivity index (χ4v) is 3.23. The number of benzene rings is 2. The summed E-state index contributed by atoms with van der Waals surface area (Å²) in [6.45, 7) is 6.72. The predicted molar refractivity (Wildman–Crippen MR) is 105 cm³/mol. The van der Waals surface area contributed by atoms with Gasteiger partial charge in [0, 0.05) is 24.5 Å². The van der Waals surface area contributed by atoms with Gasteiger partial charge in [-0.2, -0.15) is 0 Å². The summed E-state index contributed by atoms with van der Waals surface area (Å²) in [5.41, 5.74) is 3.76. The lowest BCUT2D eigenvalue weighted by atomic mass is 10.1. The second-order valence-corrected chi connectivity index (χ2v) is 6.65. The Morgan fingerprint density at radius 2 is 1.81 bits per heavy atom. The maximum Gasteiger partial charge on any atom is 0.336 e. The molecule has 136 valence electrons. The van der Waals surface area contributed by atoms with E-state index in [2.05, 4.69) is 36.9 Å². The van der Waals surface area contributed by atoms with Crippen LogP contribution in [0.5, 0.6) is 5.75 Å². The molecule has 0 saturated carbocycles. The van der Waals surface area contributed by atoms with E-state index in [1.54, 1.807) is 13.2 Å². The highest BCUT2D eigenvalue weighted by molar-refractivity contribution is 5.80. The van der Waals surface area contributed by atoms with E-state index in [9.17, 15) is 4.79 Å². The van der Waals surface area contributed by atoms with Crippen molar-refractivity contribution in [3.05, 3.63) is 75.6 Å². The Morgan fingerprint density at radius 1 is 1.04 bits per heavy atom. The van der Waals surface area contributed by atoms with E-state index in [1.807, 2.05) is 24.3 Å². The molecule has 4 nitrogen and oxygen atoms in total. The van der Waals surface area contributed by atoms with Gasteiger partial charge in [0.05, 0.1) is 7.11 Å². The molecule has 26 heavy (non-hydrogen) atoms. The van der Waals surface area contributed by atoms with Gasteiger partial charge in [-0.15, -0.1) is 0 Å². The van der Waals surface area contributed by atoms with Crippen molar-refractivity contribution in [3.63, 3.8) is 0 Å². The van der Waals surface area contributed by atoms with Gasteiger partial charge in [0.1, 0.15) is 11.3 Å². The summed E-state index contributed by atoms with van der Waals surface area (Å²) >= 11 is 0. The molecule has 0 amide bonds. The Hall–Kier alpha value is -2.59. The molecule has 0 unspecified atom stereocenters. The average Bonchev–Trinajstić information content (AvgIpc) is 2.63. The minimum atomic E-state index is -0.294. The lowest BCUT2D eigenvalue weighted by Crippen LogP contribution is -2.24. The van der Waals surface area contributed by atoms with Crippen molar-refractivity contribution >= 4 is 11.0 Å². The topological polar surface area (TPSA) is 42.7 Å². The molecule has 0 aliphatic rings. The number of methoxy groups -OCH3 is 1. The summed E-state index contributed by atoms with van der Waals surface area (Å²) in [7, 11) is 1.67. The van der Waals surface area contributed by atoms with E-state index in [1.165, 1.54) is 5.56 Å². The van der Waals surface area contributed by atoms with Crippen molar-refractivity contribution in [1.82, 2.24) is 4.90 Å². The van der Waals surface area contributed by atoms with Crippen molar-refractivity contribution in [2.24, 2.45) is 0 Å². The SMILES string of the molecule is CCCN(Cc1ccc(OC)cc1)Cc1cc(=O)oc2ccc(C)cc12. The molecule has 0 saturated heterocycles. The van der Waals surface area contributed by atoms with Gasteiger partial charge < -0.3 is 9.15 Å². The Morgan fingerprint density at radius 3 is 2.50 bits per heavy atom. The van der Waals surface area contributed by atoms with Crippen molar-refractivity contribution in [2.45, 2.75) is 33.4 Å². The molecule has 0 aliphatic carbocycles. The van der Waals surface area contributed by atoms with Crippen LogP contribution in [-0.2, 0) is 13.1 Å². The first-order valence-electron chi connectivity index (χ1n) is 8.97. The summed E-state index contributed by atoms with van der Waals surface area (Å²) < 4.78 is 10.6. The van der Waals surface area contributed by atoms with Crippen molar-refractivity contribution in [1.29, 1.82) is 0 Å². The van der Waals surface area contributed by atoms with E-state index >= 15 is 0 Å². The van der Waals surface area contributed by atoms with Gasteiger partial charge in [0.2, 0.25) is 0 Å². The van der Waals surface area contributed by atoms with E-state index in [0.29, 0.717) is 12.1 Å². The van der Waals surface area contributed by atoms with E-state index in [4.69, 9.17) is 9.15 Å². The predicted octanol–water partition coefficient (Wildman–Crippen LogP) is 4.52. The first kappa shape index (κ1) is 18.2. The molecular formula is C22H25NO3. The van der Waals surface area contributed by atoms with Gasteiger partial charge in [-0.1, -0.05) is 30.7 Å². The summed E-state index contributed by atoms with van der Waals surface area (Å²) in [6.07, 6.45) is 1.05. The Labute approximate surface area is 154 Å². The third-order valence-corrected chi connectivity index (χ3v) is 4.48. The molecule has 0 N–H and O–H groups in total. The van der Waals surface area contributed by atoms with Gasteiger partial charge in [-0.25, -0.2) is 4.79 Å². The van der Waals surface area contributed by atoms with E-state index < -0.39 is 0 Å². The summed E-state index contributed by atoms with van der Waals surface area (Å²) in [6, 6.07) is 15.7. The summed E-state index contributed by atoms with van der Waals surface area (Å²) in [5, 5.41) is 1.01. The van der Waals surface area contributed by atoms with Gasteiger partial charge >= 0.3 is 5.63 Å². The number of hydrogen-bond donors (Lipinski definition) is 0. The number of nitrogens with zero attached hydrogens (tertiary/aromatic N) is 1. The standard InChI is InChI=1S/C22H25NO3/c1-4-11-23(14-17-6-8-19(25-3)9-7-17)15-18-13-22(24)26-21-10-5-16(2)12-20(18)21/h5-10,12-13H,4,11,14-15H2,1-3H3. The number of fused-ring (bicyclic) bond motifs is 1. The first-order valence-corrected chi connectivity index (χ1v) is 8.97. The third kappa shape index (κ3) is 4.33. The molecule has 1 aromatic heterocycles. The highest BCUT2D eigenvalue weighted by atomic mass is 16.5. The Kier molecular flexibility index (Phi) is 5.74. The van der Waals surface area contributed by atoms with Crippen molar-refractivity contribution in [2.75, 3.05) is 13.7 Å². The number of ether oxygens (including phenoxy) is 1. The zero-order valence-electron chi connectivity index (χ0n) is 15.6. The van der Waals surface area contributed by atoms with Crippen LogP contribution in [0.4, 0.5) is 0 Å². The molecule has 1 heterocycles. The molecule has 0 atom stereocenters. The Bertz CT molecular complexity index is 928. The monoisotopic (exact) mass is 351 g/mol. The summed E-state index contributed by atoms with van der Waals surface area (Å²) in [4.78, 5) is 14.3. The quantitative estimate of drug-likeness (QED) is 0.587. The molecule has 4 heteroatoms. The van der Waals surface area contributed by atoms with E-state index in [-0.39, 0.29) is 5.63 Å². The first-order chi connectivity index (χ1) is 12.6. The van der Waals surface area contributed by atoms with Gasteiger partial charge in [0.15, 0.2) is 0 Å².